The lowest BCUT2D eigenvalue weighted by Gasteiger charge is -2.13. The van der Waals surface area contributed by atoms with Crippen LogP contribution in [0.4, 0.5) is 41.0 Å². The minimum absolute atomic E-state index is 0.0656. The van der Waals surface area contributed by atoms with Gasteiger partial charge < -0.3 is 16.0 Å². The van der Waals surface area contributed by atoms with E-state index < -0.39 is 22.8 Å². The van der Waals surface area contributed by atoms with Gasteiger partial charge in [-0.1, -0.05) is 29.8 Å². The first-order chi connectivity index (χ1) is 17.2. The number of amides is 2. The number of carbonyl (C=O) groups excluding carboxylic acids is 1. The van der Waals surface area contributed by atoms with Crippen molar-refractivity contribution in [2.45, 2.75) is 6.18 Å². The fourth-order valence-corrected chi connectivity index (χ4v) is 3.47. The third-order valence-electron chi connectivity index (χ3n) is 4.85. The van der Waals surface area contributed by atoms with Gasteiger partial charge in [0.2, 0.25) is 5.95 Å². The summed E-state index contributed by atoms with van der Waals surface area (Å²) in [6.45, 7) is 0. The number of aromatic nitrogens is 2. The number of benzene rings is 3. The van der Waals surface area contributed by atoms with Crippen LogP contribution in [-0.4, -0.2) is 16.0 Å². The first-order valence-corrected chi connectivity index (χ1v) is 10.7. The molecule has 0 aliphatic heterocycles. The Morgan fingerprint density at radius 2 is 1.64 bits per heavy atom. The van der Waals surface area contributed by atoms with Crippen LogP contribution in [0.1, 0.15) is 11.1 Å². The van der Waals surface area contributed by atoms with E-state index >= 15 is 0 Å². The number of carbonyl (C=O) groups is 1. The second-order valence-corrected chi connectivity index (χ2v) is 7.84. The van der Waals surface area contributed by atoms with Crippen molar-refractivity contribution in [2.75, 3.05) is 16.0 Å². The van der Waals surface area contributed by atoms with E-state index in [-0.39, 0.29) is 11.6 Å². The first kappa shape index (κ1) is 24.5. The Labute approximate surface area is 208 Å². The summed E-state index contributed by atoms with van der Waals surface area (Å²) in [5.74, 6) is 0.289. The maximum atomic E-state index is 13.0. The molecule has 1 aromatic heterocycles. The average molecular weight is 509 g/mol. The molecule has 0 saturated carbocycles. The molecule has 0 bridgehead atoms. The molecule has 0 atom stereocenters. The number of rotatable bonds is 5. The molecule has 4 aromatic rings. The Morgan fingerprint density at radius 1 is 0.917 bits per heavy atom. The zero-order valence-corrected chi connectivity index (χ0v) is 19.0. The molecule has 3 N–H and O–H groups in total. The molecule has 0 unspecified atom stereocenters. The molecular formula is C25H16ClF3N6O. The first-order valence-electron chi connectivity index (χ1n) is 10.4. The molecule has 7 nitrogen and oxygen atoms in total. The topological polar surface area (TPSA) is 103 Å². The Hall–Kier alpha value is -4.62. The molecule has 180 valence electrons. The van der Waals surface area contributed by atoms with E-state index in [2.05, 4.69) is 32.0 Å². The number of hydrogen-bond acceptors (Lipinski definition) is 5. The zero-order chi connectivity index (χ0) is 25.7. The van der Waals surface area contributed by atoms with Gasteiger partial charge in [0.15, 0.2) is 0 Å². The number of halogens is 4. The molecule has 3 aromatic carbocycles. The molecule has 36 heavy (non-hydrogen) atoms. The number of nitriles is 1. The van der Waals surface area contributed by atoms with Crippen LogP contribution >= 0.6 is 11.6 Å². The molecule has 2 amide bonds. The third kappa shape index (κ3) is 6.08. The van der Waals surface area contributed by atoms with Crippen molar-refractivity contribution in [3.8, 4) is 17.3 Å². The lowest BCUT2D eigenvalue weighted by molar-refractivity contribution is -0.137. The van der Waals surface area contributed by atoms with E-state index in [4.69, 9.17) is 16.9 Å². The van der Waals surface area contributed by atoms with Gasteiger partial charge in [-0.2, -0.15) is 18.4 Å². The number of nitrogens with one attached hydrogen (secondary N) is 3. The molecule has 0 saturated heterocycles. The van der Waals surface area contributed by atoms with Gasteiger partial charge >= 0.3 is 12.2 Å². The second kappa shape index (κ2) is 10.3. The van der Waals surface area contributed by atoms with E-state index in [0.29, 0.717) is 22.6 Å². The molecule has 0 spiro atoms. The minimum Gasteiger partial charge on any atom is -0.324 e. The van der Waals surface area contributed by atoms with Crippen molar-refractivity contribution in [1.82, 2.24) is 9.97 Å². The molecule has 0 aliphatic rings. The lowest BCUT2D eigenvalue weighted by atomic mass is 10.1. The maximum Gasteiger partial charge on any atom is 0.417 e. The Morgan fingerprint density at radius 3 is 2.39 bits per heavy atom. The third-order valence-corrected chi connectivity index (χ3v) is 5.18. The SMILES string of the molecule is N#Cc1cccc(-c2ccnc(Nc3cccc(NC(=O)Nc4ccc(Cl)c(C(F)(F)F)c4)c3)n2)c1. The Kier molecular flexibility index (Phi) is 7.03. The van der Waals surface area contributed by atoms with Crippen LogP contribution in [0.15, 0.2) is 79.0 Å². The summed E-state index contributed by atoms with van der Waals surface area (Å²) in [4.78, 5) is 21.0. The summed E-state index contributed by atoms with van der Waals surface area (Å²) in [6, 6.07) is 19.8. The van der Waals surface area contributed by atoms with E-state index in [0.717, 1.165) is 17.7 Å². The summed E-state index contributed by atoms with van der Waals surface area (Å²) in [5.41, 5.74) is 1.69. The van der Waals surface area contributed by atoms with Crippen molar-refractivity contribution in [2.24, 2.45) is 0 Å². The van der Waals surface area contributed by atoms with Crippen LogP contribution in [-0.2, 0) is 6.18 Å². The van der Waals surface area contributed by atoms with Crippen LogP contribution in [0.5, 0.6) is 0 Å². The van der Waals surface area contributed by atoms with Crippen LogP contribution in [0.3, 0.4) is 0 Å². The average Bonchev–Trinajstić information content (AvgIpc) is 2.85. The van der Waals surface area contributed by atoms with Crippen LogP contribution in [0.25, 0.3) is 11.3 Å². The Balaban J connectivity index is 1.45. The number of alkyl halides is 3. The van der Waals surface area contributed by atoms with E-state index in [1.165, 1.54) is 6.07 Å². The quantitative estimate of drug-likeness (QED) is 0.267. The van der Waals surface area contributed by atoms with Crippen molar-refractivity contribution in [1.29, 1.82) is 5.26 Å². The van der Waals surface area contributed by atoms with Crippen LogP contribution in [0.2, 0.25) is 5.02 Å². The minimum atomic E-state index is -4.65. The summed E-state index contributed by atoms with van der Waals surface area (Å²) in [6.07, 6.45) is -3.08. The van der Waals surface area contributed by atoms with Gasteiger partial charge in [0.1, 0.15) is 0 Å². The number of urea groups is 1. The highest BCUT2D eigenvalue weighted by Gasteiger charge is 2.33. The molecular weight excluding hydrogens is 493 g/mol. The van der Waals surface area contributed by atoms with E-state index in [9.17, 15) is 18.0 Å². The largest absolute Gasteiger partial charge is 0.417 e. The standard InChI is InChI=1S/C25H16ClF3N6O/c26-21-8-7-19(13-20(21)25(27,28)29)34-24(36)33-18-6-2-5-17(12-18)32-23-31-10-9-22(35-23)16-4-1-3-15(11-16)14-30/h1-13H,(H,31,32,35)(H2,33,34,36). The van der Waals surface area contributed by atoms with Crippen molar-refractivity contribution < 1.29 is 18.0 Å². The summed E-state index contributed by atoms with van der Waals surface area (Å²) in [5, 5.41) is 16.6. The van der Waals surface area contributed by atoms with Gasteiger partial charge in [-0.05, 0) is 54.6 Å². The fourth-order valence-electron chi connectivity index (χ4n) is 3.25. The van der Waals surface area contributed by atoms with Gasteiger partial charge in [-0.15, -0.1) is 0 Å². The summed E-state index contributed by atoms with van der Waals surface area (Å²) in [7, 11) is 0. The summed E-state index contributed by atoms with van der Waals surface area (Å²) >= 11 is 5.61. The lowest BCUT2D eigenvalue weighted by Crippen LogP contribution is -2.20. The molecule has 0 aliphatic carbocycles. The predicted octanol–water partition coefficient (Wildman–Crippen LogP) is 7.08. The normalized spacial score (nSPS) is 10.9. The zero-order valence-electron chi connectivity index (χ0n) is 18.3. The molecule has 11 heteroatoms. The monoisotopic (exact) mass is 508 g/mol. The van der Waals surface area contributed by atoms with Crippen molar-refractivity contribution in [3.63, 3.8) is 0 Å². The summed E-state index contributed by atoms with van der Waals surface area (Å²) < 4.78 is 39.1. The molecule has 4 rings (SSSR count). The second-order valence-electron chi connectivity index (χ2n) is 7.44. The molecule has 0 fully saturated rings. The number of hydrogen-bond donors (Lipinski definition) is 3. The number of anilines is 4. The van der Waals surface area contributed by atoms with E-state index in [1.807, 2.05) is 6.07 Å². The Bertz CT molecular complexity index is 1470. The molecule has 0 radical (unpaired) electrons. The highest BCUT2D eigenvalue weighted by atomic mass is 35.5. The van der Waals surface area contributed by atoms with Gasteiger partial charge in [0.05, 0.1) is 27.9 Å². The fraction of sp³-hybridized carbons (Fsp3) is 0.0400. The van der Waals surface area contributed by atoms with Gasteiger partial charge in [-0.25, -0.2) is 14.8 Å². The van der Waals surface area contributed by atoms with Crippen LogP contribution in [0, 0.1) is 11.3 Å². The van der Waals surface area contributed by atoms with Gasteiger partial charge in [0, 0.05) is 28.8 Å². The number of nitrogens with zero attached hydrogens (tertiary/aromatic N) is 3. The maximum absolute atomic E-state index is 13.0. The van der Waals surface area contributed by atoms with Crippen molar-refractivity contribution in [3.05, 3.63) is 95.1 Å². The predicted molar refractivity (Wildman–Crippen MR) is 131 cm³/mol. The highest BCUT2D eigenvalue weighted by Crippen LogP contribution is 2.36. The van der Waals surface area contributed by atoms with Crippen LogP contribution < -0.4 is 16.0 Å². The van der Waals surface area contributed by atoms with Crippen molar-refractivity contribution >= 4 is 40.6 Å². The molecule has 1 heterocycles. The van der Waals surface area contributed by atoms with Gasteiger partial charge in [-0.3, -0.25) is 0 Å². The van der Waals surface area contributed by atoms with Gasteiger partial charge in [0.25, 0.3) is 0 Å². The van der Waals surface area contributed by atoms with E-state index in [1.54, 1.807) is 54.7 Å². The highest BCUT2D eigenvalue weighted by molar-refractivity contribution is 6.31. The smallest absolute Gasteiger partial charge is 0.324 e.